The summed E-state index contributed by atoms with van der Waals surface area (Å²) in [5.74, 6) is 0. The number of fused-ring (bicyclic) bond motifs is 6. The molecule has 0 N–H and O–H groups in total. The Hall–Kier alpha value is -6.88. The van der Waals surface area contributed by atoms with E-state index in [1.807, 2.05) is 18.2 Å². The lowest BCUT2D eigenvalue weighted by Gasteiger charge is -2.13. The third-order valence-electron chi connectivity index (χ3n) is 9.38. The van der Waals surface area contributed by atoms with Gasteiger partial charge in [-0.3, -0.25) is 0 Å². The maximum atomic E-state index is 9.93. The molecule has 4 heteroatoms. The molecule has 0 aliphatic rings. The van der Waals surface area contributed by atoms with Crippen LogP contribution in [0.25, 0.3) is 77.2 Å². The molecule has 2 aromatic heterocycles. The number of hydrogen-bond acceptors (Lipinski definition) is 2. The smallest absolute Gasteiger partial charge is 0.0998 e. The van der Waals surface area contributed by atoms with Gasteiger partial charge in [-0.15, -0.1) is 0 Å². The standard InChI is InChI=1S/C44H26N4/c45-27-32-15-8-16-33(28-46)44(32)31-14-10-18-35(24-31)48-41-22-7-5-20-37(41)39-25-38-36-19-4-6-21-40(36)47(42(38)26-43(39)48)34-17-9-13-30(23-34)29-11-2-1-3-12-29/h1-26H. The Morgan fingerprint density at radius 2 is 0.833 bits per heavy atom. The van der Waals surface area contributed by atoms with E-state index in [-0.39, 0.29) is 0 Å². The largest absolute Gasteiger partial charge is 0.309 e. The average molecular weight is 611 g/mol. The molecule has 0 saturated carbocycles. The van der Waals surface area contributed by atoms with Crippen LogP contribution in [0.3, 0.4) is 0 Å². The van der Waals surface area contributed by atoms with Crippen molar-refractivity contribution in [3.05, 3.63) is 169 Å². The van der Waals surface area contributed by atoms with E-state index in [1.54, 1.807) is 18.2 Å². The van der Waals surface area contributed by atoms with Gasteiger partial charge in [0.15, 0.2) is 0 Å². The molecule has 9 aromatic rings. The Labute approximate surface area is 277 Å². The molecule has 4 nitrogen and oxygen atoms in total. The fraction of sp³-hybridized carbons (Fsp3) is 0. The number of nitriles is 2. The van der Waals surface area contributed by atoms with E-state index in [1.165, 1.54) is 27.3 Å². The van der Waals surface area contributed by atoms with Crippen LogP contribution in [0.15, 0.2) is 158 Å². The second-order valence-electron chi connectivity index (χ2n) is 12.0. The molecule has 0 aliphatic carbocycles. The second kappa shape index (κ2) is 10.9. The Balaban J connectivity index is 1.35. The Morgan fingerprint density at radius 3 is 1.42 bits per heavy atom. The first-order valence-corrected chi connectivity index (χ1v) is 15.9. The lowest BCUT2D eigenvalue weighted by Crippen LogP contribution is -1.97. The van der Waals surface area contributed by atoms with Gasteiger partial charge in [0.2, 0.25) is 0 Å². The third kappa shape index (κ3) is 4.14. The van der Waals surface area contributed by atoms with Crippen molar-refractivity contribution in [2.24, 2.45) is 0 Å². The van der Waals surface area contributed by atoms with Crippen LogP contribution in [-0.2, 0) is 0 Å². The van der Waals surface area contributed by atoms with E-state index >= 15 is 0 Å². The van der Waals surface area contributed by atoms with Gasteiger partial charge in [0, 0.05) is 38.5 Å². The molecule has 0 aliphatic heterocycles. The maximum Gasteiger partial charge on any atom is 0.0998 e. The summed E-state index contributed by atoms with van der Waals surface area (Å²) in [5, 5.41) is 24.6. The van der Waals surface area contributed by atoms with Gasteiger partial charge >= 0.3 is 0 Å². The van der Waals surface area contributed by atoms with Gasteiger partial charge in [0.25, 0.3) is 0 Å². The molecular weight excluding hydrogens is 585 g/mol. The van der Waals surface area contributed by atoms with Crippen molar-refractivity contribution in [1.29, 1.82) is 10.5 Å². The Kier molecular flexibility index (Phi) is 6.22. The van der Waals surface area contributed by atoms with E-state index in [2.05, 4.69) is 143 Å². The first-order valence-electron chi connectivity index (χ1n) is 15.9. The van der Waals surface area contributed by atoms with Crippen LogP contribution in [0, 0.1) is 22.7 Å². The molecule has 0 saturated heterocycles. The number of nitrogens with zero attached hydrogens (tertiary/aromatic N) is 4. The van der Waals surface area contributed by atoms with Gasteiger partial charge < -0.3 is 9.13 Å². The molecule has 7 aromatic carbocycles. The number of hydrogen-bond donors (Lipinski definition) is 0. The van der Waals surface area contributed by atoms with Crippen molar-refractivity contribution in [3.8, 4) is 45.8 Å². The predicted molar refractivity (Wildman–Crippen MR) is 195 cm³/mol. The highest BCUT2D eigenvalue weighted by atomic mass is 15.0. The van der Waals surface area contributed by atoms with E-state index < -0.39 is 0 Å². The minimum absolute atomic E-state index is 0.484. The summed E-state index contributed by atoms with van der Waals surface area (Å²) in [6.45, 7) is 0. The molecule has 0 amide bonds. The monoisotopic (exact) mass is 610 g/mol. The normalized spacial score (nSPS) is 11.3. The molecule has 0 fully saturated rings. The van der Waals surface area contributed by atoms with Gasteiger partial charge in [-0.25, -0.2) is 0 Å². The third-order valence-corrected chi connectivity index (χ3v) is 9.38. The topological polar surface area (TPSA) is 57.4 Å². The summed E-state index contributed by atoms with van der Waals surface area (Å²) in [5.41, 5.74) is 11.3. The second-order valence-corrected chi connectivity index (χ2v) is 12.0. The van der Waals surface area contributed by atoms with Crippen LogP contribution in [-0.4, -0.2) is 9.13 Å². The Morgan fingerprint density at radius 1 is 0.354 bits per heavy atom. The van der Waals surface area contributed by atoms with E-state index in [0.29, 0.717) is 16.7 Å². The van der Waals surface area contributed by atoms with Gasteiger partial charge in [-0.2, -0.15) is 10.5 Å². The van der Waals surface area contributed by atoms with Crippen LogP contribution in [0.4, 0.5) is 0 Å². The van der Waals surface area contributed by atoms with Crippen LogP contribution < -0.4 is 0 Å². The summed E-state index contributed by atoms with van der Waals surface area (Å²) in [4.78, 5) is 0. The number of para-hydroxylation sites is 2. The lowest BCUT2D eigenvalue weighted by molar-refractivity contribution is 1.16. The summed E-state index contributed by atoms with van der Waals surface area (Å²) >= 11 is 0. The highest BCUT2D eigenvalue weighted by Gasteiger charge is 2.19. The quantitative estimate of drug-likeness (QED) is 0.199. The Bertz CT molecular complexity index is 2770. The minimum Gasteiger partial charge on any atom is -0.309 e. The van der Waals surface area contributed by atoms with Crippen LogP contribution in [0.5, 0.6) is 0 Å². The first-order chi connectivity index (χ1) is 23.7. The zero-order chi connectivity index (χ0) is 32.2. The van der Waals surface area contributed by atoms with E-state index in [0.717, 1.165) is 44.4 Å². The lowest BCUT2D eigenvalue weighted by atomic mass is 9.95. The molecule has 0 atom stereocenters. The molecule has 48 heavy (non-hydrogen) atoms. The van der Waals surface area contributed by atoms with Crippen molar-refractivity contribution in [1.82, 2.24) is 9.13 Å². The van der Waals surface area contributed by atoms with Gasteiger partial charge in [-0.05, 0) is 77.4 Å². The molecule has 0 spiro atoms. The van der Waals surface area contributed by atoms with Gasteiger partial charge in [-0.1, -0.05) is 97.1 Å². The number of rotatable bonds is 4. The van der Waals surface area contributed by atoms with E-state index in [9.17, 15) is 10.5 Å². The zero-order valence-electron chi connectivity index (χ0n) is 25.8. The highest BCUT2D eigenvalue weighted by Crippen LogP contribution is 2.40. The highest BCUT2D eigenvalue weighted by molar-refractivity contribution is 6.19. The summed E-state index contributed by atoms with van der Waals surface area (Å²) < 4.78 is 4.67. The van der Waals surface area contributed by atoms with Crippen LogP contribution in [0.2, 0.25) is 0 Å². The van der Waals surface area contributed by atoms with Gasteiger partial charge in [0.05, 0.1) is 45.3 Å². The van der Waals surface area contributed by atoms with Crippen molar-refractivity contribution in [2.45, 2.75) is 0 Å². The van der Waals surface area contributed by atoms with Crippen LogP contribution in [0.1, 0.15) is 11.1 Å². The average Bonchev–Trinajstić information content (AvgIpc) is 3.66. The fourth-order valence-corrected chi connectivity index (χ4v) is 7.29. The van der Waals surface area contributed by atoms with Gasteiger partial charge in [0.1, 0.15) is 0 Å². The molecule has 0 radical (unpaired) electrons. The SMILES string of the molecule is N#Cc1cccc(C#N)c1-c1cccc(-n2c3ccccc3c3cc4c5ccccc5n(-c5cccc(-c6ccccc6)c5)c4cc32)c1. The first kappa shape index (κ1) is 27.4. The fourth-order valence-electron chi connectivity index (χ4n) is 7.29. The van der Waals surface area contributed by atoms with Crippen molar-refractivity contribution < 1.29 is 0 Å². The van der Waals surface area contributed by atoms with Crippen molar-refractivity contribution >= 4 is 43.6 Å². The minimum atomic E-state index is 0.484. The zero-order valence-corrected chi connectivity index (χ0v) is 25.8. The molecule has 0 unspecified atom stereocenters. The molecule has 0 bridgehead atoms. The summed E-state index contributed by atoms with van der Waals surface area (Å²) in [6, 6.07) is 59.1. The number of aromatic nitrogens is 2. The molecule has 222 valence electrons. The summed E-state index contributed by atoms with van der Waals surface area (Å²) in [7, 11) is 0. The van der Waals surface area contributed by atoms with Crippen molar-refractivity contribution in [3.63, 3.8) is 0 Å². The predicted octanol–water partition coefficient (Wildman–Crippen LogP) is 11.0. The molecular formula is C44H26N4. The van der Waals surface area contributed by atoms with Crippen molar-refractivity contribution in [2.75, 3.05) is 0 Å². The van der Waals surface area contributed by atoms with Crippen LogP contribution >= 0.6 is 0 Å². The maximum absolute atomic E-state index is 9.93. The number of benzene rings is 7. The molecule has 2 heterocycles. The molecule has 9 rings (SSSR count). The summed E-state index contributed by atoms with van der Waals surface area (Å²) in [6.07, 6.45) is 0. The van der Waals surface area contributed by atoms with E-state index in [4.69, 9.17) is 0 Å².